The second-order valence-electron chi connectivity index (χ2n) is 3.53. The molecule has 0 N–H and O–H groups in total. The zero-order valence-corrected chi connectivity index (χ0v) is 9.24. The van der Waals surface area contributed by atoms with Gasteiger partial charge in [-0.15, -0.1) is 0 Å². The largest absolute Gasteiger partial charge is 0.501 e. The molecule has 0 aliphatic heterocycles. The highest BCUT2D eigenvalue weighted by atomic mass is 16.5. The van der Waals surface area contributed by atoms with E-state index in [0.29, 0.717) is 12.0 Å². The van der Waals surface area contributed by atoms with Crippen LogP contribution in [0.1, 0.15) is 17.5 Å². The maximum Gasteiger partial charge on any atom is 0.129 e. The molecule has 0 heterocycles. The molecular formula is C13H12O3. The summed E-state index contributed by atoms with van der Waals surface area (Å²) in [5, 5.41) is 0. The molecule has 0 fully saturated rings. The van der Waals surface area contributed by atoms with Crippen LogP contribution in [0.5, 0.6) is 5.75 Å². The second kappa shape index (κ2) is 4.25. The summed E-state index contributed by atoms with van der Waals surface area (Å²) in [6.45, 7) is 0. The summed E-state index contributed by atoms with van der Waals surface area (Å²) in [6.07, 6.45) is 2.41. The van der Waals surface area contributed by atoms with Crippen LogP contribution >= 0.6 is 0 Å². The van der Waals surface area contributed by atoms with Gasteiger partial charge in [0.2, 0.25) is 0 Å². The molecule has 2 rings (SSSR count). The van der Waals surface area contributed by atoms with Crippen LogP contribution in [-0.2, 0) is 9.53 Å². The van der Waals surface area contributed by atoms with Crippen molar-refractivity contribution in [1.82, 2.24) is 0 Å². The van der Waals surface area contributed by atoms with Gasteiger partial charge in [0.1, 0.15) is 17.5 Å². The number of hydrogen-bond donors (Lipinski definition) is 0. The monoisotopic (exact) mass is 216 g/mol. The fraction of sp³-hybridized carbons (Fsp3) is 0.231. The van der Waals surface area contributed by atoms with E-state index in [0.717, 1.165) is 22.6 Å². The van der Waals surface area contributed by atoms with Gasteiger partial charge in [0.15, 0.2) is 0 Å². The van der Waals surface area contributed by atoms with E-state index in [1.165, 1.54) is 0 Å². The maximum atomic E-state index is 10.9. The lowest BCUT2D eigenvalue weighted by Gasteiger charge is -2.16. The molecule has 3 heteroatoms. The van der Waals surface area contributed by atoms with Gasteiger partial charge in [-0.1, -0.05) is 0 Å². The number of methoxy groups -OCH3 is 2. The summed E-state index contributed by atoms with van der Waals surface area (Å²) < 4.78 is 10.3. The molecule has 3 nitrogen and oxygen atoms in total. The van der Waals surface area contributed by atoms with Gasteiger partial charge in [-0.25, -0.2) is 4.79 Å². The molecule has 16 heavy (non-hydrogen) atoms. The van der Waals surface area contributed by atoms with Crippen LogP contribution in [-0.4, -0.2) is 20.2 Å². The topological polar surface area (TPSA) is 35.5 Å². The van der Waals surface area contributed by atoms with Crippen LogP contribution in [0.4, 0.5) is 0 Å². The number of benzene rings is 1. The van der Waals surface area contributed by atoms with E-state index < -0.39 is 0 Å². The summed E-state index contributed by atoms with van der Waals surface area (Å²) in [7, 11) is 3.21. The van der Waals surface area contributed by atoms with Gasteiger partial charge >= 0.3 is 0 Å². The number of ether oxygens (including phenoxy) is 2. The summed E-state index contributed by atoms with van der Waals surface area (Å²) in [5.74, 6) is 3.49. The highest BCUT2D eigenvalue weighted by Gasteiger charge is 2.17. The van der Waals surface area contributed by atoms with Crippen molar-refractivity contribution in [2.45, 2.75) is 6.42 Å². The zero-order chi connectivity index (χ0) is 11.5. The second-order valence-corrected chi connectivity index (χ2v) is 3.53. The molecule has 1 aliphatic carbocycles. The Morgan fingerprint density at radius 2 is 2.06 bits per heavy atom. The molecule has 0 saturated heterocycles. The highest BCUT2D eigenvalue weighted by Crippen LogP contribution is 2.33. The number of rotatable bonds is 2. The van der Waals surface area contributed by atoms with Crippen molar-refractivity contribution in [1.29, 1.82) is 0 Å². The predicted octanol–water partition coefficient (Wildman–Crippen LogP) is 2.30. The van der Waals surface area contributed by atoms with Crippen molar-refractivity contribution in [2.75, 3.05) is 14.2 Å². The smallest absolute Gasteiger partial charge is 0.129 e. The minimum Gasteiger partial charge on any atom is -0.501 e. The fourth-order valence-electron chi connectivity index (χ4n) is 1.78. The molecule has 0 atom stereocenters. The maximum absolute atomic E-state index is 10.9. The Bertz CT molecular complexity index is 494. The van der Waals surface area contributed by atoms with E-state index in [1.54, 1.807) is 14.2 Å². The molecule has 82 valence electrons. The van der Waals surface area contributed by atoms with Crippen molar-refractivity contribution in [3.8, 4) is 5.75 Å². The minimum absolute atomic E-state index is 0.499. The van der Waals surface area contributed by atoms with E-state index in [9.17, 15) is 4.79 Å². The van der Waals surface area contributed by atoms with E-state index >= 15 is 0 Å². The zero-order valence-electron chi connectivity index (χ0n) is 9.24. The molecule has 1 aromatic rings. The quantitative estimate of drug-likeness (QED) is 0.711. The first-order valence-electron chi connectivity index (χ1n) is 4.95. The van der Waals surface area contributed by atoms with E-state index in [2.05, 4.69) is 0 Å². The van der Waals surface area contributed by atoms with Crippen molar-refractivity contribution >= 4 is 17.6 Å². The first-order chi connectivity index (χ1) is 7.78. The first kappa shape index (κ1) is 10.5. The Balaban J connectivity index is 2.58. The fourth-order valence-corrected chi connectivity index (χ4v) is 1.78. The van der Waals surface area contributed by atoms with Gasteiger partial charge in [-0.3, -0.25) is 0 Å². The lowest BCUT2D eigenvalue weighted by atomic mass is 9.92. The lowest BCUT2D eigenvalue weighted by molar-refractivity contribution is 0.289. The molecule has 0 amide bonds. The Morgan fingerprint density at radius 1 is 1.25 bits per heavy atom. The van der Waals surface area contributed by atoms with Crippen molar-refractivity contribution in [3.63, 3.8) is 0 Å². The van der Waals surface area contributed by atoms with Crippen LogP contribution < -0.4 is 4.74 Å². The molecule has 1 aliphatic rings. The lowest BCUT2D eigenvalue weighted by Crippen LogP contribution is -2.01. The normalized spacial score (nSPS) is 13.6. The molecule has 1 aromatic carbocycles. The van der Waals surface area contributed by atoms with Crippen molar-refractivity contribution in [2.24, 2.45) is 0 Å². The van der Waals surface area contributed by atoms with Crippen molar-refractivity contribution in [3.05, 3.63) is 35.1 Å². The summed E-state index contributed by atoms with van der Waals surface area (Å²) >= 11 is 0. The third kappa shape index (κ3) is 1.73. The van der Waals surface area contributed by atoms with Gasteiger partial charge in [0.05, 0.1) is 19.8 Å². The van der Waals surface area contributed by atoms with Gasteiger partial charge in [-0.2, -0.15) is 0 Å². The average molecular weight is 216 g/mol. The third-order valence-electron chi connectivity index (χ3n) is 2.64. The van der Waals surface area contributed by atoms with Gasteiger partial charge in [-0.05, 0) is 35.4 Å². The van der Waals surface area contributed by atoms with E-state index in [4.69, 9.17) is 9.47 Å². The molecule has 0 saturated carbocycles. The Hall–Kier alpha value is -1.99. The Morgan fingerprint density at radius 3 is 2.69 bits per heavy atom. The van der Waals surface area contributed by atoms with Crippen LogP contribution in [0.25, 0.3) is 11.6 Å². The van der Waals surface area contributed by atoms with Crippen LogP contribution in [0.3, 0.4) is 0 Å². The van der Waals surface area contributed by atoms with Crippen LogP contribution in [0, 0.1) is 0 Å². The van der Waals surface area contributed by atoms with E-state index in [1.807, 2.05) is 30.2 Å². The third-order valence-corrected chi connectivity index (χ3v) is 2.64. The molecule has 0 radical (unpaired) electrons. The van der Waals surface area contributed by atoms with E-state index in [-0.39, 0.29) is 0 Å². The summed E-state index contributed by atoms with van der Waals surface area (Å²) in [6, 6.07) is 5.59. The molecular weight excluding hydrogens is 204 g/mol. The van der Waals surface area contributed by atoms with Crippen molar-refractivity contribution < 1.29 is 14.3 Å². The Labute approximate surface area is 94.0 Å². The van der Waals surface area contributed by atoms with Gasteiger partial charge in [0.25, 0.3) is 0 Å². The first-order valence-corrected chi connectivity index (χ1v) is 4.95. The van der Waals surface area contributed by atoms with Gasteiger partial charge < -0.3 is 9.47 Å². The Kier molecular flexibility index (Phi) is 2.80. The average Bonchev–Trinajstić information content (AvgIpc) is 2.36. The SMILES string of the molecule is COC1=Cc2cc(OC)ccc2C(=C=O)C1. The molecule has 0 unspecified atom stereocenters. The standard InChI is InChI=1S/C13H12O3/c1-15-11-3-4-13-9(5-11)6-12(16-2)7-10(13)8-14/h3-6H,7H2,1-2H3. The number of carbonyl (C=O) groups excluding carboxylic acids is 1. The highest BCUT2D eigenvalue weighted by molar-refractivity contribution is 5.94. The summed E-state index contributed by atoms with van der Waals surface area (Å²) in [5.41, 5.74) is 2.45. The molecule has 0 bridgehead atoms. The number of hydrogen-bond acceptors (Lipinski definition) is 3. The minimum atomic E-state index is 0.499. The predicted molar refractivity (Wildman–Crippen MR) is 61.7 cm³/mol. The van der Waals surface area contributed by atoms with Gasteiger partial charge in [0, 0.05) is 6.42 Å². The summed E-state index contributed by atoms with van der Waals surface area (Å²) in [4.78, 5) is 10.9. The number of allylic oxidation sites excluding steroid dienone is 1. The molecule has 0 aromatic heterocycles. The van der Waals surface area contributed by atoms with Crippen LogP contribution in [0.15, 0.2) is 24.0 Å². The molecule has 0 spiro atoms. The van der Waals surface area contributed by atoms with Crippen LogP contribution in [0.2, 0.25) is 0 Å². The number of fused-ring (bicyclic) bond motifs is 1.